The summed E-state index contributed by atoms with van der Waals surface area (Å²) >= 11 is 13.7. The highest BCUT2D eigenvalue weighted by Gasteiger charge is 2.55. The minimum atomic E-state index is -1.25. The number of piperazine rings is 1. The lowest BCUT2D eigenvalue weighted by Crippen LogP contribution is -2.58. The zero-order valence-electron chi connectivity index (χ0n) is 24.9. The van der Waals surface area contributed by atoms with Gasteiger partial charge >= 0.3 is 0 Å². The van der Waals surface area contributed by atoms with Crippen LogP contribution in [0.2, 0.25) is 10.2 Å². The molecule has 4 atom stereocenters. The second-order valence-corrected chi connectivity index (χ2v) is 14.8. The van der Waals surface area contributed by atoms with E-state index < -0.39 is 17.8 Å². The van der Waals surface area contributed by atoms with E-state index in [0.717, 1.165) is 29.7 Å². The van der Waals surface area contributed by atoms with Crippen LogP contribution in [0.4, 0.5) is 4.39 Å². The Morgan fingerprint density at radius 1 is 1.14 bits per heavy atom. The Labute approximate surface area is 271 Å². The molecule has 232 valence electrons. The van der Waals surface area contributed by atoms with Gasteiger partial charge in [0.25, 0.3) is 5.91 Å². The van der Waals surface area contributed by atoms with Crippen molar-refractivity contribution in [1.29, 1.82) is 0 Å². The van der Waals surface area contributed by atoms with Crippen LogP contribution in [0.5, 0.6) is 0 Å². The van der Waals surface area contributed by atoms with Gasteiger partial charge in [-0.2, -0.15) is 0 Å². The predicted molar refractivity (Wildman–Crippen MR) is 171 cm³/mol. The fourth-order valence-corrected chi connectivity index (χ4v) is 8.77. The van der Waals surface area contributed by atoms with E-state index in [2.05, 4.69) is 22.1 Å². The van der Waals surface area contributed by atoms with Crippen molar-refractivity contribution in [3.63, 3.8) is 0 Å². The maximum atomic E-state index is 15.0. The fourth-order valence-electron chi connectivity index (χ4n) is 7.17. The number of hydrogen-bond donors (Lipinski definition) is 1. The molecule has 0 radical (unpaired) electrons. The topological polar surface area (TPSA) is 81.1 Å². The number of aliphatic imine (C=N–C) groups is 1. The van der Waals surface area contributed by atoms with E-state index in [4.69, 9.17) is 28.2 Å². The molecule has 1 aromatic heterocycles. The number of amides is 2. The third-order valence-electron chi connectivity index (χ3n) is 9.59. The summed E-state index contributed by atoms with van der Waals surface area (Å²) < 4.78 is 15.0. The lowest BCUT2D eigenvalue weighted by atomic mass is 9.81. The van der Waals surface area contributed by atoms with Crippen LogP contribution >= 0.6 is 35.0 Å². The van der Waals surface area contributed by atoms with Crippen LogP contribution in [-0.4, -0.2) is 80.6 Å². The minimum absolute atomic E-state index is 0.00306. The van der Waals surface area contributed by atoms with Crippen LogP contribution in [0, 0.1) is 5.92 Å². The molecule has 2 saturated heterocycles. The Kier molecular flexibility index (Phi) is 7.50. The lowest BCUT2D eigenvalue weighted by Gasteiger charge is -2.38. The first-order chi connectivity index (χ1) is 21.0. The van der Waals surface area contributed by atoms with Gasteiger partial charge in [0.1, 0.15) is 27.8 Å². The molecule has 1 spiro atoms. The zero-order valence-corrected chi connectivity index (χ0v) is 27.2. The number of hydrogen-bond acceptors (Lipinski definition) is 7. The number of pyridine rings is 1. The Hall–Kier alpha value is -2.66. The van der Waals surface area contributed by atoms with E-state index in [-0.39, 0.29) is 42.3 Å². The smallest absolute Gasteiger partial charge is 0.263 e. The third kappa shape index (κ3) is 5.02. The first kappa shape index (κ1) is 30.0. The number of amidine groups is 1. The Morgan fingerprint density at radius 3 is 2.55 bits per heavy atom. The quantitative estimate of drug-likeness (QED) is 0.426. The predicted octanol–water partition coefficient (Wildman–Crippen LogP) is 5.53. The molecule has 12 heteroatoms. The number of carbonyl (C=O) groups is 2. The van der Waals surface area contributed by atoms with Crippen molar-refractivity contribution in [2.24, 2.45) is 10.9 Å². The van der Waals surface area contributed by atoms with Crippen molar-refractivity contribution in [3.8, 4) is 0 Å². The number of rotatable bonds is 5. The zero-order chi connectivity index (χ0) is 31.0. The van der Waals surface area contributed by atoms with E-state index in [0.29, 0.717) is 39.9 Å². The van der Waals surface area contributed by atoms with Crippen molar-refractivity contribution >= 4 is 51.9 Å². The molecule has 2 aromatic rings. The number of aromatic nitrogens is 1. The van der Waals surface area contributed by atoms with Crippen LogP contribution in [0.25, 0.3) is 0 Å². The Morgan fingerprint density at radius 2 is 1.89 bits per heavy atom. The van der Waals surface area contributed by atoms with Gasteiger partial charge in [-0.05, 0) is 61.2 Å². The van der Waals surface area contributed by atoms with E-state index in [1.807, 2.05) is 49.1 Å². The van der Waals surface area contributed by atoms with Gasteiger partial charge in [-0.15, -0.1) is 0 Å². The second-order valence-electron chi connectivity index (χ2n) is 13.0. The molecule has 3 fully saturated rings. The lowest BCUT2D eigenvalue weighted by molar-refractivity contribution is -0.142. The van der Waals surface area contributed by atoms with Gasteiger partial charge in [-0.1, -0.05) is 55.2 Å². The highest BCUT2D eigenvalue weighted by molar-refractivity contribution is 8.18. The summed E-state index contributed by atoms with van der Waals surface area (Å²) in [5, 5.41) is 5.22. The van der Waals surface area contributed by atoms with E-state index in [9.17, 15) is 9.59 Å². The van der Waals surface area contributed by atoms with Crippen molar-refractivity contribution in [2.75, 3.05) is 26.2 Å². The number of nitrogens with one attached hydrogen (secondary N) is 1. The summed E-state index contributed by atoms with van der Waals surface area (Å²) in [6.45, 7) is 7.95. The summed E-state index contributed by atoms with van der Waals surface area (Å²) in [6, 6.07) is 10.2. The maximum Gasteiger partial charge on any atom is 0.263 e. The highest BCUT2D eigenvalue weighted by Crippen LogP contribution is 2.56. The molecule has 44 heavy (non-hydrogen) atoms. The SMILES string of the molecule is CC(C)C1=C(C(=O)N2C[C@H](F)C[C@H]2C(=O)N2CCNC3(CC3)C2)SC2=N[C@@](C)(c3ccc(Cl)nc3)[C@@H](c3ccc(Cl)cc3)N21. The van der Waals surface area contributed by atoms with Crippen molar-refractivity contribution in [3.05, 3.63) is 74.5 Å². The standard InChI is InChI=1S/C32H35Cl2FN6O2S/c1-18(2)25-26(29(43)40-16-22(35)14-23(40)28(42)39-13-12-37-32(17-39)10-11-32)44-30-38-31(3,20-6-9-24(34)36-15-20)27(41(25)30)19-4-7-21(33)8-5-19/h4-9,15,18,22-23,27,37H,10-14,16-17H2,1-3H3/t22-,23+,27-,31+/m1/s1. The van der Waals surface area contributed by atoms with Crippen LogP contribution in [0.3, 0.4) is 0 Å². The normalized spacial score (nSPS) is 29.1. The molecule has 5 heterocycles. The first-order valence-electron chi connectivity index (χ1n) is 15.2. The van der Waals surface area contributed by atoms with Crippen LogP contribution in [0.15, 0.2) is 58.2 Å². The van der Waals surface area contributed by atoms with Gasteiger partial charge in [0, 0.05) is 54.1 Å². The number of likely N-dealkylation sites (tertiary alicyclic amines) is 1. The van der Waals surface area contributed by atoms with E-state index in [1.54, 1.807) is 12.3 Å². The summed E-state index contributed by atoms with van der Waals surface area (Å²) in [5.74, 6) is -0.522. The van der Waals surface area contributed by atoms with Crippen molar-refractivity contribution < 1.29 is 14.0 Å². The van der Waals surface area contributed by atoms with E-state index in [1.165, 1.54) is 16.7 Å². The highest BCUT2D eigenvalue weighted by atomic mass is 35.5. The van der Waals surface area contributed by atoms with Gasteiger partial charge < -0.3 is 20.0 Å². The number of allylic oxidation sites excluding steroid dienone is 1. The Bertz CT molecular complexity index is 1560. The summed E-state index contributed by atoms with van der Waals surface area (Å²) in [6.07, 6.45) is 2.59. The molecule has 0 unspecified atom stereocenters. The molecule has 1 aromatic carbocycles. The molecule has 4 aliphatic heterocycles. The van der Waals surface area contributed by atoms with Gasteiger partial charge in [-0.3, -0.25) is 9.59 Å². The average molecular weight is 658 g/mol. The number of benzene rings is 1. The summed E-state index contributed by atoms with van der Waals surface area (Å²) in [5.41, 5.74) is 1.92. The monoisotopic (exact) mass is 656 g/mol. The summed E-state index contributed by atoms with van der Waals surface area (Å²) in [4.78, 5) is 43.7. The van der Waals surface area contributed by atoms with Crippen molar-refractivity contribution in [2.45, 2.75) is 69.4 Å². The Balaban J connectivity index is 1.25. The van der Waals surface area contributed by atoms with Gasteiger partial charge in [0.15, 0.2) is 5.17 Å². The molecule has 7 rings (SSSR count). The van der Waals surface area contributed by atoms with Gasteiger partial charge in [0.05, 0.1) is 12.6 Å². The molecule has 5 aliphatic rings. The van der Waals surface area contributed by atoms with Gasteiger partial charge in [-0.25, -0.2) is 14.4 Å². The number of alkyl halides is 1. The van der Waals surface area contributed by atoms with Crippen LogP contribution in [0.1, 0.15) is 57.2 Å². The maximum absolute atomic E-state index is 15.0. The molecule has 1 aliphatic carbocycles. The molecule has 2 amide bonds. The molecule has 1 N–H and O–H groups in total. The molecular weight excluding hydrogens is 622 g/mol. The number of halogens is 3. The second kappa shape index (κ2) is 11.0. The molecular formula is C32H35Cl2FN6O2S. The minimum Gasteiger partial charge on any atom is -0.338 e. The molecule has 0 bridgehead atoms. The van der Waals surface area contributed by atoms with E-state index >= 15 is 4.39 Å². The first-order valence-corrected chi connectivity index (χ1v) is 16.7. The fraction of sp³-hybridized carbons (Fsp3) is 0.500. The van der Waals surface area contributed by atoms with Gasteiger partial charge in [0.2, 0.25) is 5.91 Å². The number of nitrogens with zero attached hydrogens (tertiary/aromatic N) is 5. The number of carbonyl (C=O) groups excluding carboxylic acids is 2. The third-order valence-corrected chi connectivity index (χ3v) is 11.1. The van der Waals surface area contributed by atoms with Crippen LogP contribution < -0.4 is 5.32 Å². The summed E-state index contributed by atoms with van der Waals surface area (Å²) in [7, 11) is 0. The average Bonchev–Trinajstić information content (AvgIpc) is 3.32. The van der Waals surface area contributed by atoms with Crippen molar-refractivity contribution in [1.82, 2.24) is 25.0 Å². The molecule has 1 saturated carbocycles. The van der Waals surface area contributed by atoms with Crippen LogP contribution in [-0.2, 0) is 15.1 Å². The number of thioether (sulfide) groups is 1. The number of fused-ring (bicyclic) bond motifs is 1. The largest absolute Gasteiger partial charge is 0.338 e. The molecule has 8 nitrogen and oxygen atoms in total.